The number of aliphatic carboxylic acids is 1. The van der Waals surface area contributed by atoms with Crippen molar-refractivity contribution < 1.29 is 19.4 Å². The number of carboxylic acid groups (broad SMARTS) is 1. The average Bonchev–Trinajstić information content (AvgIpc) is 2.54. The number of amides is 1. The Morgan fingerprint density at radius 1 is 1.25 bits per heavy atom. The van der Waals surface area contributed by atoms with Gasteiger partial charge in [0.2, 0.25) is 5.91 Å². The van der Waals surface area contributed by atoms with Crippen molar-refractivity contribution in [3.63, 3.8) is 0 Å². The third kappa shape index (κ3) is 4.81. The monoisotopic (exact) mass is 333 g/mol. The molecule has 0 aliphatic carbocycles. The molecular weight excluding hydrogens is 306 g/mol. The van der Waals surface area contributed by atoms with Gasteiger partial charge in [0.05, 0.1) is 24.5 Å². The number of benzene rings is 1. The van der Waals surface area contributed by atoms with E-state index in [9.17, 15) is 14.7 Å². The molecule has 24 heavy (non-hydrogen) atoms. The predicted octanol–water partition coefficient (Wildman–Crippen LogP) is 2.80. The quantitative estimate of drug-likeness (QED) is 0.869. The first-order valence-corrected chi connectivity index (χ1v) is 8.43. The average molecular weight is 333 g/mol. The summed E-state index contributed by atoms with van der Waals surface area (Å²) in [5.74, 6) is -1.13. The Bertz CT molecular complexity index is 570. The van der Waals surface area contributed by atoms with Gasteiger partial charge in [0.15, 0.2) is 0 Å². The van der Waals surface area contributed by atoms with Gasteiger partial charge in [0.1, 0.15) is 0 Å². The number of likely N-dealkylation sites (tertiary alicyclic amines) is 1. The Morgan fingerprint density at radius 2 is 1.92 bits per heavy atom. The Morgan fingerprint density at radius 3 is 2.54 bits per heavy atom. The van der Waals surface area contributed by atoms with Gasteiger partial charge in [0.25, 0.3) is 0 Å². The first-order valence-electron chi connectivity index (χ1n) is 8.43. The molecule has 1 aliphatic heterocycles. The molecule has 2 rings (SSSR count). The maximum absolute atomic E-state index is 12.8. The van der Waals surface area contributed by atoms with Gasteiger partial charge in [0, 0.05) is 13.1 Å². The van der Waals surface area contributed by atoms with Crippen LogP contribution in [-0.2, 0) is 20.9 Å². The van der Waals surface area contributed by atoms with Crippen LogP contribution >= 0.6 is 0 Å². The Balaban J connectivity index is 1.92. The molecule has 2 unspecified atom stereocenters. The summed E-state index contributed by atoms with van der Waals surface area (Å²) in [5.41, 5.74) is 0.396. The third-order valence-electron chi connectivity index (χ3n) is 4.45. The van der Waals surface area contributed by atoms with E-state index in [-0.39, 0.29) is 11.8 Å². The van der Waals surface area contributed by atoms with E-state index in [0.29, 0.717) is 32.7 Å². The number of hydrogen-bond acceptors (Lipinski definition) is 3. The van der Waals surface area contributed by atoms with Crippen molar-refractivity contribution in [2.75, 3.05) is 19.7 Å². The molecule has 2 atom stereocenters. The van der Waals surface area contributed by atoms with Crippen LogP contribution in [0.1, 0.15) is 32.8 Å². The number of ether oxygens (including phenoxy) is 1. The highest BCUT2D eigenvalue weighted by atomic mass is 16.5. The number of rotatable bonds is 6. The smallest absolute Gasteiger partial charge is 0.308 e. The van der Waals surface area contributed by atoms with E-state index >= 15 is 0 Å². The molecule has 0 bridgehead atoms. The maximum atomic E-state index is 12.8. The van der Waals surface area contributed by atoms with Crippen LogP contribution in [0.15, 0.2) is 30.3 Å². The zero-order valence-corrected chi connectivity index (χ0v) is 14.7. The number of carboxylic acids is 1. The SMILES string of the molecule is CC1CC(C(=O)O)CN(C(=O)C(C)(C)COCc2ccccc2)C1. The van der Waals surface area contributed by atoms with Crippen molar-refractivity contribution >= 4 is 11.9 Å². The van der Waals surface area contributed by atoms with Gasteiger partial charge < -0.3 is 14.7 Å². The summed E-state index contributed by atoms with van der Waals surface area (Å²) in [5, 5.41) is 9.26. The number of carbonyl (C=O) groups is 2. The maximum Gasteiger partial charge on any atom is 0.308 e. The largest absolute Gasteiger partial charge is 0.481 e. The van der Waals surface area contributed by atoms with Gasteiger partial charge in [-0.3, -0.25) is 9.59 Å². The summed E-state index contributed by atoms with van der Waals surface area (Å²) in [6, 6.07) is 9.83. The molecule has 1 N–H and O–H groups in total. The van der Waals surface area contributed by atoms with Crippen LogP contribution in [0.4, 0.5) is 0 Å². The second-order valence-electron chi connectivity index (χ2n) is 7.45. The van der Waals surface area contributed by atoms with E-state index < -0.39 is 17.3 Å². The van der Waals surface area contributed by atoms with Crippen molar-refractivity contribution in [3.8, 4) is 0 Å². The van der Waals surface area contributed by atoms with Crippen molar-refractivity contribution in [1.29, 1.82) is 0 Å². The standard InChI is InChI=1S/C19H27NO4/c1-14-9-16(17(21)22)11-20(10-14)18(23)19(2,3)13-24-12-15-7-5-4-6-8-15/h4-8,14,16H,9-13H2,1-3H3,(H,21,22). The van der Waals surface area contributed by atoms with Gasteiger partial charge in [-0.2, -0.15) is 0 Å². The fourth-order valence-corrected chi connectivity index (χ4v) is 3.18. The lowest BCUT2D eigenvalue weighted by Crippen LogP contribution is -2.51. The highest BCUT2D eigenvalue weighted by Gasteiger charge is 2.38. The molecule has 1 fully saturated rings. The number of piperidine rings is 1. The van der Waals surface area contributed by atoms with E-state index in [1.165, 1.54) is 0 Å². The van der Waals surface area contributed by atoms with Crippen LogP contribution in [0.25, 0.3) is 0 Å². The highest BCUT2D eigenvalue weighted by molar-refractivity contribution is 5.83. The Hall–Kier alpha value is -1.88. The number of nitrogens with zero attached hydrogens (tertiary/aromatic N) is 1. The second-order valence-corrected chi connectivity index (χ2v) is 7.45. The van der Waals surface area contributed by atoms with E-state index in [0.717, 1.165) is 5.56 Å². The summed E-state index contributed by atoms with van der Waals surface area (Å²) in [7, 11) is 0. The van der Waals surface area contributed by atoms with Crippen LogP contribution in [0.3, 0.4) is 0 Å². The van der Waals surface area contributed by atoms with Crippen molar-refractivity contribution in [2.45, 2.75) is 33.8 Å². The van der Waals surface area contributed by atoms with E-state index in [2.05, 4.69) is 0 Å². The van der Waals surface area contributed by atoms with Crippen LogP contribution in [0, 0.1) is 17.3 Å². The zero-order valence-electron chi connectivity index (χ0n) is 14.7. The Labute approximate surface area is 143 Å². The van der Waals surface area contributed by atoms with Gasteiger partial charge >= 0.3 is 5.97 Å². The molecule has 1 saturated heterocycles. The third-order valence-corrected chi connectivity index (χ3v) is 4.45. The van der Waals surface area contributed by atoms with Crippen LogP contribution in [0.5, 0.6) is 0 Å². The Kier molecular flexibility index (Phi) is 5.99. The number of carbonyl (C=O) groups excluding carboxylic acids is 1. The van der Waals surface area contributed by atoms with Crippen LogP contribution in [0.2, 0.25) is 0 Å². The van der Waals surface area contributed by atoms with Crippen LogP contribution in [-0.4, -0.2) is 41.6 Å². The minimum atomic E-state index is -0.822. The summed E-state index contributed by atoms with van der Waals surface area (Å²) in [6.07, 6.45) is 0.629. The molecule has 1 aromatic rings. The normalized spacial score (nSPS) is 21.5. The summed E-state index contributed by atoms with van der Waals surface area (Å²) in [6.45, 7) is 7.39. The molecule has 1 aliphatic rings. The van der Waals surface area contributed by atoms with Crippen molar-refractivity contribution in [1.82, 2.24) is 4.90 Å². The van der Waals surface area contributed by atoms with E-state index in [1.54, 1.807) is 4.90 Å². The molecule has 1 heterocycles. The van der Waals surface area contributed by atoms with Gasteiger partial charge in [-0.05, 0) is 31.7 Å². The summed E-state index contributed by atoms with van der Waals surface area (Å²) >= 11 is 0. The first-order chi connectivity index (χ1) is 11.3. The fraction of sp³-hybridized carbons (Fsp3) is 0.579. The lowest BCUT2D eigenvalue weighted by atomic mass is 9.86. The van der Waals surface area contributed by atoms with Gasteiger partial charge in [-0.1, -0.05) is 37.3 Å². The lowest BCUT2D eigenvalue weighted by Gasteiger charge is -2.39. The molecule has 5 nitrogen and oxygen atoms in total. The fourth-order valence-electron chi connectivity index (χ4n) is 3.18. The molecule has 0 saturated carbocycles. The van der Waals surface area contributed by atoms with E-state index in [1.807, 2.05) is 51.1 Å². The van der Waals surface area contributed by atoms with Gasteiger partial charge in [-0.15, -0.1) is 0 Å². The van der Waals surface area contributed by atoms with Crippen LogP contribution < -0.4 is 0 Å². The molecular formula is C19H27NO4. The molecule has 5 heteroatoms. The lowest BCUT2D eigenvalue weighted by molar-refractivity contribution is -0.152. The minimum absolute atomic E-state index is 0.0339. The zero-order chi connectivity index (χ0) is 17.7. The topological polar surface area (TPSA) is 66.8 Å². The van der Waals surface area contributed by atoms with E-state index in [4.69, 9.17) is 4.74 Å². The molecule has 132 valence electrons. The van der Waals surface area contributed by atoms with Crippen molar-refractivity contribution in [2.24, 2.45) is 17.3 Å². The van der Waals surface area contributed by atoms with Gasteiger partial charge in [-0.25, -0.2) is 0 Å². The second kappa shape index (κ2) is 7.79. The number of hydrogen-bond donors (Lipinski definition) is 1. The van der Waals surface area contributed by atoms with Crippen molar-refractivity contribution in [3.05, 3.63) is 35.9 Å². The minimum Gasteiger partial charge on any atom is -0.481 e. The highest BCUT2D eigenvalue weighted by Crippen LogP contribution is 2.27. The molecule has 0 spiro atoms. The summed E-state index contributed by atoms with van der Waals surface area (Å²) < 4.78 is 5.73. The molecule has 1 aromatic carbocycles. The molecule has 0 aromatic heterocycles. The molecule has 0 radical (unpaired) electrons. The molecule has 1 amide bonds. The summed E-state index contributed by atoms with van der Waals surface area (Å²) in [4.78, 5) is 25.8. The predicted molar refractivity (Wildman–Crippen MR) is 91.4 cm³/mol. The first kappa shape index (κ1) is 18.5.